The second-order valence-electron chi connectivity index (χ2n) is 3.60. The smallest absolute Gasteiger partial charge is 0.288 e. The number of aromatic nitrogens is 1. The van der Waals surface area contributed by atoms with E-state index in [0.717, 1.165) is 0 Å². The van der Waals surface area contributed by atoms with Crippen LogP contribution in [-0.4, -0.2) is 17.0 Å². The van der Waals surface area contributed by atoms with E-state index < -0.39 is 4.92 Å². The number of nitrogens with zero attached hydrogens (tertiary/aromatic N) is 2. The highest BCUT2D eigenvalue weighted by atomic mass is 35.5. The molecule has 1 heterocycles. The van der Waals surface area contributed by atoms with Gasteiger partial charge in [-0.05, 0) is 12.1 Å². The van der Waals surface area contributed by atoms with Gasteiger partial charge < -0.3 is 10.1 Å². The maximum atomic E-state index is 10.6. The van der Waals surface area contributed by atoms with E-state index >= 15 is 0 Å². The third kappa shape index (κ3) is 3.11. The number of benzene rings is 1. The summed E-state index contributed by atoms with van der Waals surface area (Å²) in [6.45, 7) is 0. The molecule has 2 aromatic rings. The van der Waals surface area contributed by atoms with Crippen molar-refractivity contribution >= 4 is 23.1 Å². The quantitative estimate of drug-likeness (QED) is 0.685. The van der Waals surface area contributed by atoms with Crippen LogP contribution in [0.4, 0.5) is 11.5 Å². The molecular weight excluding hydrogens is 270 g/mol. The molecule has 0 aliphatic heterocycles. The number of halogens is 1. The highest BCUT2D eigenvalue weighted by Gasteiger charge is 2.12. The zero-order valence-corrected chi connectivity index (χ0v) is 10.7. The SMILES string of the molecule is CNc1cc(Oc2ccc([N+](=O)[O-])c(Cl)c2)ccn1. The Morgan fingerprint density at radius 3 is 2.68 bits per heavy atom. The second-order valence-corrected chi connectivity index (χ2v) is 4.01. The van der Waals surface area contributed by atoms with Gasteiger partial charge in [-0.15, -0.1) is 0 Å². The number of nitro benzene ring substituents is 1. The van der Waals surface area contributed by atoms with Crippen LogP contribution >= 0.6 is 11.6 Å². The molecule has 0 aliphatic carbocycles. The lowest BCUT2D eigenvalue weighted by Crippen LogP contribution is -1.93. The summed E-state index contributed by atoms with van der Waals surface area (Å²) in [5.41, 5.74) is -0.153. The molecule has 0 fully saturated rings. The first-order chi connectivity index (χ1) is 9.10. The van der Waals surface area contributed by atoms with Gasteiger partial charge in [0.1, 0.15) is 22.3 Å². The van der Waals surface area contributed by atoms with Crippen molar-refractivity contribution in [3.8, 4) is 11.5 Å². The molecular formula is C12H10ClN3O3. The molecule has 98 valence electrons. The third-order valence-corrected chi connectivity index (χ3v) is 2.64. The molecule has 7 heteroatoms. The maximum Gasteiger partial charge on any atom is 0.288 e. The molecule has 0 saturated carbocycles. The predicted octanol–water partition coefficient (Wildman–Crippen LogP) is 3.48. The van der Waals surface area contributed by atoms with E-state index in [1.165, 1.54) is 18.2 Å². The van der Waals surface area contributed by atoms with Gasteiger partial charge in [0.25, 0.3) is 5.69 Å². The molecule has 0 amide bonds. The van der Waals surface area contributed by atoms with Crippen LogP contribution in [0.15, 0.2) is 36.5 Å². The standard InChI is InChI=1S/C12H10ClN3O3/c1-14-12-7-9(4-5-15-12)19-8-2-3-11(16(17)18)10(13)6-8/h2-7H,1H3,(H,14,15). The van der Waals surface area contributed by atoms with Crippen molar-refractivity contribution in [1.29, 1.82) is 0 Å². The number of ether oxygens (including phenoxy) is 1. The van der Waals surface area contributed by atoms with Gasteiger partial charge in [-0.1, -0.05) is 11.6 Å². The van der Waals surface area contributed by atoms with Gasteiger partial charge in [-0.2, -0.15) is 0 Å². The molecule has 6 nitrogen and oxygen atoms in total. The predicted molar refractivity (Wildman–Crippen MR) is 72.0 cm³/mol. The van der Waals surface area contributed by atoms with Crippen molar-refractivity contribution in [2.75, 3.05) is 12.4 Å². The van der Waals surface area contributed by atoms with Crippen molar-refractivity contribution in [3.63, 3.8) is 0 Å². The Balaban J connectivity index is 2.23. The van der Waals surface area contributed by atoms with Crippen LogP contribution in [0.3, 0.4) is 0 Å². The van der Waals surface area contributed by atoms with E-state index in [-0.39, 0.29) is 10.7 Å². The molecule has 0 spiro atoms. The van der Waals surface area contributed by atoms with Crippen molar-refractivity contribution < 1.29 is 9.66 Å². The van der Waals surface area contributed by atoms with Crippen molar-refractivity contribution in [3.05, 3.63) is 51.7 Å². The summed E-state index contributed by atoms with van der Waals surface area (Å²) >= 11 is 5.80. The number of hydrogen-bond donors (Lipinski definition) is 1. The van der Waals surface area contributed by atoms with E-state index in [4.69, 9.17) is 16.3 Å². The number of nitrogens with one attached hydrogen (secondary N) is 1. The first kappa shape index (κ1) is 13.1. The molecule has 1 aromatic heterocycles. The largest absolute Gasteiger partial charge is 0.457 e. The van der Waals surface area contributed by atoms with Crippen LogP contribution in [0.25, 0.3) is 0 Å². The lowest BCUT2D eigenvalue weighted by Gasteiger charge is -2.07. The lowest BCUT2D eigenvalue weighted by atomic mass is 10.3. The van der Waals surface area contributed by atoms with E-state index in [1.54, 1.807) is 25.4 Å². The highest BCUT2D eigenvalue weighted by molar-refractivity contribution is 6.32. The summed E-state index contributed by atoms with van der Waals surface area (Å²) in [7, 11) is 1.74. The summed E-state index contributed by atoms with van der Waals surface area (Å²) in [5.74, 6) is 1.64. The van der Waals surface area contributed by atoms with E-state index in [1.807, 2.05) is 0 Å². The number of nitro groups is 1. The van der Waals surface area contributed by atoms with E-state index in [2.05, 4.69) is 10.3 Å². The molecule has 2 rings (SSSR count). The Bertz CT molecular complexity index is 619. The van der Waals surface area contributed by atoms with Crippen LogP contribution in [0.5, 0.6) is 11.5 Å². The van der Waals surface area contributed by atoms with Gasteiger partial charge in [0, 0.05) is 31.4 Å². The summed E-state index contributed by atoms with van der Waals surface area (Å²) in [4.78, 5) is 14.1. The Kier molecular flexibility index (Phi) is 3.82. The van der Waals surface area contributed by atoms with Crippen LogP contribution in [0, 0.1) is 10.1 Å². The Labute approximate surface area is 114 Å². The molecule has 1 N–H and O–H groups in total. The highest BCUT2D eigenvalue weighted by Crippen LogP contribution is 2.31. The van der Waals surface area contributed by atoms with Crippen molar-refractivity contribution in [2.24, 2.45) is 0 Å². The van der Waals surface area contributed by atoms with Crippen LogP contribution < -0.4 is 10.1 Å². The fraction of sp³-hybridized carbons (Fsp3) is 0.0833. The molecule has 19 heavy (non-hydrogen) atoms. The fourth-order valence-electron chi connectivity index (χ4n) is 1.45. The lowest BCUT2D eigenvalue weighted by molar-refractivity contribution is -0.384. The average molecular weight is 280 g/mol. The van der Waals surface area contributed by atoms with E-state index in [0.29, 0.717) is 17.3 Å². The van der Waals surface area contributed by atoms with Crippen LogP contribution in [0.2, 0.25) is 5.02 Å². The third-order valence-electron chi connectivity index (χ3n) is 2.34. The Morgan fingerprint density at radius 2 is 2.05 bits per heavy atom. The Hall–Kier alpha value is -2.34. The summed E-state index contributed by atoms with van der Waals surface area (Å²) in [5, 5.41) is 13.6. The molecule has 0 bridgehead atoms. The van der Waals surface area contributed by atoms with Crippen LogP contribution in [0.1, 0.15) is 0 Å². The number of pyridine rings is 1. The van der Waals surface area contributed by atoms with Gasteiger partial charge in [-0.3, -0.25) is 10.1 Å². The number of rotatable bonds is 4. The number of anilines is 1. The van der Waals surface area contributed by atoms with Crippen molar-refractivity contribution in [2.45, 2.75) is 0 Å². The normalized spacial score (nSPS) is 10.0. The zero-order valence-electron chi connectivity index (χ0n) is 9.96. The molecule has 0 radical (unpaired) electrons. The summed E-state index contributed by atoms with van der Waals surface area (Å²) in [6, 6.07) is 7.58. The summed E-state index contributed by atoms with van der Waals surface area (Å²) in [6.07, 6.45) is 1.59. The molecule has 1 aromatic carbocycles. The Morgan fingerprint density at radius 1 is 1.32 bits per heavy atom. The summed E-state index contributed by atoms with van der Waals surface area (Å²) < 4.78 is 5.55. The van der Waals surface area contributed by atoms with Gasteiger partial charge in [0.15, 0.2) is 0 Å². The maximum absolute atomic E-state index is 10.6. The molecule has 0 atom stereocenters. The van der Waals surface area contributed by atoms with Gasteiger partial charge >= 0.3 is 0 Å². The molecule has 0 aliphatic rings. The second kappa shape index (κ2) is 5.53. The topological polar surface area (TPSA) is 77.3 Å². The fourth-order valence-corrected chi connectivity index (χ4v) is 1.69. The minimum absolute atomic E-state index is 0.0328. The van der Waals surface area contributed by atoms with Gasteiger partial charge in [0.2, 0.25) is 0 Å². The average Bonchev–Trinajstić information content (AvgIpc) is 2.38. The molecule has 0 saturated heterocycles. The first-order valence-corrected chi connectivity index (χ1v) is 5.73. The molecule has 0 unspecified atom stereocenters. The van der Waals surface area contributed by atoms with Crippen molar-refractivity contribution in [1.82, 2.24) is 4.98 Å². The zero-order chi connectivity index (χ0) is 13.8. The monoisotopic (exact) mass is 279 g/mol. The van der Waals surface area contributed by atoms with Gasteiger partial charge in [-0.25, -0.2) is 4.98 Å². The number of hydrogen-bond acceptors (Lipinski definition) is 5. The minimum atomic E-state index is -0.544. The van der Waals surface area contributed by atoms with Crippen LogP contribution in [-0.2, 0) is 0 Å². The first-order valence-electron chi connectivity index (χ1n) is 5.36. The van der Waals surface area contributed by atoms with E-state index in [9.17, 15) is 10.1 Å². The minimum Gasteiger partial charge on any atom is -0.457 e. The van der Waals surface area contributed by atoms with Gasteiger partial charge in [0.05, 0.1) is 4.92 Å².